The van der Waals surface area contributed by atoms with E-state index in [1.165, 1.54) is 10.8 Å². The Labute approximate surface area is 162 Å². The molecule has 0 aliphatic rings. The van der Waals surface area contributed by atoms with Crippen LogP contribution in [0.2, 0.25) is 0 Å². The number of carbonyl (C=O) groups is 1. The van der Waals surface area contributed by atoms with Crippen molar-refractivity contribution in [3.05, 3.63) is 87.3 Å². The lowest BCUT2D eigenvalue weighted by molar-refractivity contribution is -0.112. The number of hydrogen-bond acceptors (Lipinski definition) is 3. The number of para-hydroxylation sites is 1. The highest BCUT2D eigenvalue weighted by atomic mass is 16.2. The molecule has 28 heavy (non-hydrogen) atoms. The Morgan fingerprint density at radius 2 is 1.82 bits per heavy atom. The van der Waals surface area contributed by atoms with E-state index in [0.717, 1.165) is 11.1 Å². The summed E-state index contributed by atoms with van der Waals surface area (Å²) in [7, 11) is 1.74. The summed E-state index contributed by atoms with van der Waals surface area (Å²) in [5.74, 6) is -0.616. The SMILES string of the molecule is Cc1cccc(C=C(C#N)C(=O)Nc2c(C)n(C)n(-c3ccccc3)c2=O)c1. The number of aromatic nitrogens is 2. The number of carbonyl (C=O) groups excluding carboxylic acids is 1. The molecule has 1 N–H and O–H groups in total. The van der Waals surface area contributed by atoms with Crippen LogP contribution in [0.15, 0.2) is 65.0 Å². The first-order valence-corrected chi connectivity index (χ1v) is 8.76. The summed E-state index contributed by atoms with van der Waals surface area (Å²) in [5.41, 5.74) is 2.78. The largest absolute Gasteiger partial charge is 0.315 e. The van der Waals surface area contributed by atoms with E-state index in [1.54, 1.807) is 18.7 Å². The maximum Gasteiger partial charge on any atom is 0.295 e. The first-order valence-electron chi connectivity index (χ1n) is 8.76. The zero-order chi connectivity index (χ0) is 20.3. The molecule has 1 heterocycles. The van der Waals surface area contributed by atoms with Crippen LogP contribution in [-0.4, -0.2) is 15.3 Å². The van der Waals surface area contributed by atoms with Gasteiger partial charge < -0.3 is 5.32 Å². The summed E-state index contributed by atoms with van der Waals surface area (Å²) < 4.78 is 3.14. The highest BCUT2D eigenvalue weighted by molar-refractivity contribution is 6.09. The van der Waals surface area contributed by atoms with Crippen molar-refractivity contribution < 1.29 is 4.79 Å². The molecule has 0 aliphatic carbocycles. The number of nitrogens with one attached hydrogen (secondary N) is 1. The molecule has 0 atom stereocenters. The summed E-state index contributed by atoms with van der Waals surface area (Å²) >= 11 is 0. The van der Waals surface area contributed by atoms with Crippen LogP contribution in [0, 0.1) is 25.2 Å². The van der Waals surface area contributed by atoms with Gasteiger partial charge in [0.2, 0.25) is 0 Å². The molecule has 0 bridgehead atoms. The summed E-state index contributed by atoms with van der Waals surface area (Å²) in [4.78, 5) is 25.5. The van der Waals surface area contributed by atoms with Gasteiger partial charge in [0.25, 0.3) is 11.5 Å². The molecule has 0 spiro atoms. The third-order valence-corrected chi connectivity index (χ3v) is 4.51. The third kappa shape index (κ3) is 3.64. The van der Waals surface area contributed by atoms with Crippen LogP contribution in [0.3, 0.4) is 0 Å². The van der Waals surface area contributed by atoms with Gasteiger partial charge >= 0.3 is 0 Å². The van der Waals surface area contributed by atoms with Crippen molar-refractivity contribution in [1.82, 2.24) is 9.36 Å². The number of aryl methyl sites for hydroxylation is 1. The van der Waals surface area contributed by atoms with Crippen LogP contribution in [0.1, 0.15) is 16.8 Å². The van der Waals surface area contributed by atoms with Gasteiger partial charge in [-0.25, -0.2) is 4.68 Å². The van der Waals surface area contributed by atoms with E-state index in [9.17, 15) is 14.9 Å². The lowest BCUT2D eigenvalue weighted by atomic mass is 10.1. The quantitative estimate of drug-likeness (QED) is 0.563. The minimum absolute atomic E-state index is 0.0699. The highest BCUT2D eigenvalue weighted by Crippen LogP contribution is 2.16. The van der Waals surface area contributed by atoms with E-state index in [-0.39, 0.29) is 16.8 Å². The first-order chi connectivity index (χ1) is 13.4. The van der Waals surface area contributed by atoms with Gasteiger partial charge in [0.15, 0.2) is 0 Å². The van der Waals surface area contributed by atoms with Crippen molar-refractivity contribution in [2.75, 3.05) is 5.32 Å². The zero-order valence-corrected chi connectivity index (χ0v) is 15.9. The van der Waals surface area contributed by atoms with Crippen LogP contribution in [0.5, 0.6) is 0 Å². The molecule has 3 aromatic rings. The fourth-order valence-electron chi connectivity index (χ4n) is 2.97. The van der Waals surface area contributed by atoms with Crippen molar-refractivity contribution in [3.63, 3.8) is 0 Å². The molecule has 0 saturated heterocycles. The second-order valence-electron chi connectivity index (χ2n) is 6.47. The zero-order valence-electron chi connectivity index (χ0n) is 15.9. The minimum Gasteiger partial charge on any atom is -0.315 e. The van der Waals surface area contributed by atoms with Gasteiger partial charge in [0, 0.05) is 7.05 Å². The Balaban J connectivity index is 1.96. The Bertz CT molecular complexity index is 1160. The number of amides is 1. The van der Waals surface area contributed by atoms with Crippen LogP contribution < -0.4 is 10.9 Å². The molecular formula is C22H20N4O2. The van der Waals surface area contributed by atoms with Crippen molar-refractivity contribution in [2.24, 2.45) is 7.05 Å². The van der Waals surface area contributed by atoms with Crippen LogP contribution in [0.4, 0.5) is 5.69 Å². The lowest BCUT2D eigenvalue weighted by Crippen LogP contribution is -2.23. The van der Waals surface area contributed by atoms with Crippen LogP contribution in [0.25, 0.3) is 11.8 Å². The Hall–Kier alpha value is -3.85. The van der Waals surface area contributed by atoms with Crippen molar-refractivity contribution in [1.29, 1.82) is 5.26 Å². The van der Waals surface area contributed by atoms with E-state index >= 15 is 0 Å². The van der Waals surface area contributed by atoms with Crippen molar-refractivity contribution in [3.8, 4) is 11.8 Å². The van der Waals surface area contributed by atoms with Crippen molar-refractivity contribution >= 4 is 17.7 Å². The number of rotatable bonds is 4. The highest BCUT2D eigenvalue weighted by Gasteiger charge is 2.19. The predicted molar refractivity (Wildman–Crippen MR) is 109 cm³/mol. The van der Waals surface area contributed by atoms with E-state index in [4.69, 9.17) is 0 Å². The average molecular weight is 372 g/mol. The molecule has 2 aromatic carbocycles. The minimum atomic E-state index is -0.616. The molecule has 1 amide bonds. The molecule has 1 aromatic heterocycles. The molecule has 3 rings (SSSR count). The molecule has 140 valence electrons. The normalized spacial score (nSPS) is 11.1. The average Bonchev–Trinajstić information content (AvgIpc) is 2.90. The smallest absolute Gasteiger partial charge is 0.295 e. The summed E-state index contributed by atoms with van der Waals surface area (Å²) in [6.45, 7) is 3.68. The monoisotopic (exact) mass is 372 g/mol. The van der Waals surface area contributed by atoms with E-state index in [1.807, 2.05) is 67.6 Å². The molecule has 0 aliphatic heterocycles. The summed E-state index contributed by atoms with van der Waals surface area (Å²) in [6.07, 6.45) is 1.51. The topological polar surface area (TPSA) is 79.8 Å². The number of nitriles is 1. The Morgan fingerprint density at radius 3 is 2.46 bits per heavy atom. The maximum absolute atomic E-state index is 12.9. The third-order valence-electron chi connectivity index (χ3n) is 4.51. The van der Waals surface area contributed by atoms with E-state index < -0.39 is 5.91 Å². The number of benzene rings is 2. The van der Waals surface area contributed by atoms with Gasteiger partial charge in [0.05, 0.1) is 11.4 Å². The van der Waals surface area contributed by atoms with Gasteiger partial charge in [0.1, 0.15) is 17.3 Å². The summed E-state index contributed by atoms with van der Waals surface area (Å²) in [5, 5.41) is 12.0. The number of nitrogens with zero attached hydrogens (tertiary/aromatic N) is 3. The molecule has 6 nitrogen and oxygen atoms in total. The standard InChI is InChI=1S/C22H20N4O2/c1-15-8-7-9-17(12-15)13-18(14-23)21(27)24-20-16(2)25(3)26(22(20)28)19-10-5-4-6-11-19/h4-13H,1-3H3,(H,24,27). The van der Waals surface area contributed by atoms with E-state index in [0.29, 0.717) is 11.4 Å². The second-order valence-corrected chi connectivity index (χ2v) is 6.47. The molecule has 0 fully saturated rings. The Kier molecular flexibility index (Phi) is 5.28. The lowest BCUT2D eigenvalue weighted by Gasteiger charge is -2.07. The predicted octanol–water partition coefficient (Wildman–Crippen LogP) is 3.34. The van der Waals surface area contributed by atoms with Gasteiger partial charge in [-0.15, -0.1) is 0 Å². The number of anilines is 1. The van der Waals surface area contributed by atoms with Crippen LogP contribution in [-0.2, 0) is 11.8 Å². The van der Waals surface area contributed by atoms with Gasteiger partial charge in [-0.1, -0.05) is 48.0 Å². The first kappa shape index (κ1) is 18.9. The maximum atomic E-state index is 12.9. The fourth-order valence-corrected chi connectivity index (χ4v) is 2.97. The number of hydrogen-bond donors (Lipinski definition) is 1. The summed E-state index contributed by atoms with van der Waals surface area (Å²) in [6, 6.07) is 18.5. The van der Waals surface area contributed by atoms with Gasteiger partial charge in [-0.2, -0.15) is 5.26 Å². The molecule has 0 radical (unpaired) electrons. The fraction of sp³-hybridized carbons (Fsp3) is 0.136. The molecular weight excluding hydrogens is 352 g/mol. The molecule has 0 unspecified atom stereocenters. The molecule has 0 saturated carbocycles. The van der Waals surface area contributed by atoms with Gasteiger partial charge in [-0.3, -0.25) is 14.3 Å². The van der Waals surface area contributed by atoms with Crippen LogP contribution >= 0.6 is 0 Å². The van der Waals surface area contributed by atoms with Gasteiger partial charge in [-0.05, 0) is 37.6 Å². The van der Waals surface area contributed by atoms with Crippen molar-refractivity contribution in [2.45, 2.75) is 13.8 Å². The second kappa shape index (κ2) is 7.80. The molecule has 6 heteroatoms. The Morgan fingerprint density at radius 1 is 1.11 bits per heavy atom. The van der Waals surface area contributed by atoms with E-state index in [2.05, 4.69) is 5.32 Å².